The Morgan fingerprint density at radius 3 is 2.97 bits per heavy atom. The normalized spacial score (nSPS) is 15.8. The minimum atomic E-state index is -0.638. The fourth-order valence-electron chi connectivity index (χ4n) is 4.31. The third-order valence-corrected chi connectivity index (χ3v) is 5.86. The van der Waals surface area contributed by atoms with Crippen LogP contribution in [0.1, 0.15) is 39.4 Å². The van der Waals surface area contributed by atoms with E-state index in [1.165, 1.54) is 10.6 Å². The zero-order chi connectivity index (χ0) is 22.7. The summed E-state index contributed by atoms with van der Waals surface area (Å²) in [6.07, 6.45) is 3.84. The number of halogens is 1. The van der Waals surface area contributed by atoms with Crippen molar-refractivity contribution < 1.29 is 13.6 Å². The number of H-pyrrole nitrogens is 1. The van der Waals surface area contributed by atoms with Crippen molar-refractivity contribution in [1.29, 1.82) is 0 Å². The largest absolute Gasteiger partial charge is 0.411 e. The van der Waals surface area contributed by atoms with Gasteiger partial charge in [0, 0.05) is 25.7 Å². The van der Waals surface area contributed by atoms with Gasteiger partial charge in [-0.25, -0.2) is 9.50 Å². The average Bonchev–Trinajstić information content (AvgIpc) is 3.59. The molecule has 11 nitrogen and oxygen atoms in total. The van der Waals surface area contributed by atoms with Crippen LogP contribution >= 0.6 is 0 Å². The maximum absolute atomic E-state index is 14.3. The molecule has 1 N–H and O–H groups in total. The van der Waals surface area contributed by atoms with Crippen molar-refractivity contribution in [1.82, 2.24) is 44.5 Å². The van der Waals surface area contributed by atoms with E-state index < -0.39 is 17.9 Å². The summed E-state index contributed by atoms with van der Waals surface area (Å²) in [6, 6.07) is 5.80. The van der Waals surface area contributed by atoms with Gasteiger partial charge >= 0.3 is 11.8 Å². The predicted octanol–water partition coefficient (Wildman–Crippen LogP) is 2.08. The number of hydrogen-bond donors (Lipinski definition) is 1. The summed E-state index contributed by atoms with van der Waals surface area (Å²) < 4.78 is 22.8. The summed E-state index contributed by atoms with van der Waals surface area (Å²) >= 11 is 0. The van der Waals surface area contributed by atoms with Gasteiger partial charge in [-0.3, -0.25) is 9.48 Å². The van der Waals surface area contributed by atoms with Crippen molar-refractivity contribution in [2.45, 2.75) is 19.4 Å². The van der Waals surface area contributed by atoms with Crippen molar-refractivity contribution in [2.75, 3.05) is 6.54 Å². The SMILES string of the molecule is Cc1cnn(C)c1-c1nnc(C(=O)N2CCc3[nH]cnc3[C@@H]2c2cc3cccc(F)n3n2)o1. The minimum Gasteiger partial charge on any atom is -0.411 e. The van der Waals surface area contributed by atoms with Gasteiger partial charge in [0.2, 0.25) is 5.95 Å². The van der Waals surface area contributed by atoms with Crippen LogP contribution in [0, 0.1) is 12.9 Å². The van der Waals surface area contributed by atoms with Gasteiger partial charge in [0.05, 0.1) is 29.4 Å². The lowest BCUT2D eigenvalue weighted by Crippen LogP contribution is -2.41. The van der Waals surface area contributed by atoms with Gasteiger partial charge in [0.15, 0.2) is 0 Å². The molecule has 6 rings (SSSR count). The Morgan fingerprint density at radius 1 is 1.30 bits per heavy atom. The molecule has 0 aromatic carbocycles. The molecule has 0 unspecified atom stereocenters. The Bertz CT molecular complexity index is 1490. The molecule has 1 aliphatic rings. The number of hydrogen-bond acceptors (Lipinski definition) is 7. The molecule has 166 valence electrons. The average molecular weight is 447 g/mol. The summed E-state index contributed by atoms with van der Waals surface area (Å²) in [5, 5.41) is 16.7. The van der Waals surface area contributed by atoms with Gasteiger partial charge in [0.1, 0.15) is 11.7 Å². The summed E-state index contributed by atoms with van der Waals surface area (Å²) in [5.74, 6) is -0.892. The number of aromatic nitrogens is 8. The second-order valence-electron chi connectivity index (χ2n) is 7.88. The van der Waals surface area contributed by atoms with Crippen molar-refractivity contribution >= 4 is 11.4 Å². The highest BCUT2D eigenvalue weighted by atomic mass is 19.1. The Hall–Kier alpha value is -4.35. The van der Waals surface area contributed by atoms with E-state index in [0.29, 0.717) is 35.6 Å². The predicted molar refractivity (Wildman–Crippen MR) is 112 cm³/mol. The van der Waals surface area contributed by atoms with Gasteiger partial charge in [-0.2, -0.15) is 14.6 Å². The Labute approximate surface area is 185 Å². The Morgan fingerprint density at radius 2 is 2.18 bits per heavy atom. The zero-order valence-corrected chi connectivity index (χ0v) is 17.7. The van der Waals surface area contributed by atoms with Crippen LogP contribution in [0.15, 0.2) is 41.2 Å². The van der Waals surface area contributed by atoms with Gasteiger partial charge < -0.3 is 14.3 Å². The molecule has 6 heterocycles. The van der Waals surface area contributed by atoms with E-state index in [2.05, 4.69) is 30.4 Å². The van der Waals surface area contributed by atoms with E-state index in [1.807, 2.05) is 6.92 Å². The van der Waals surface area contributed by atoms with Gasteiger partial charge in [-0.05, 0) is 30.7 Å². The lowest BCUT2D eigenvalue weighted by atomic mass is 9.99. The molecule has 0 spiro atoms. The molecule has 1 atom stereocenters. The fourth-order valence-corrected chi connectivity index (χ4v) is 4.31. The van der Waals surface area contributed by atoms with E-state index >= 15 is 0 Å². The third kappa shape index (κ3) is 2.94. The van der Waals surface area contributed by atoms with E-state index in [4.69, 9.17) is 4.42 Å². The van der Waals surface area contributed by atoms with Gasteiger partial charge in [0.25, 0.3) is 5.89 Å². The number of pyridine rings is 1. The molecule has 0 aliphatic carbocycles. The van der Waals surface area contributed by atoms with Crippen LogP contribution in [0.2, 0.25) is 0 Å². The molecule has 0 saturated heterocycles. The third-order valence-electron chi connectivity index (χ3n) is 5.86. The summed E-state index contributed by atoms with van der Waals surface area (Å²) in [6.45, 7) is 2.24. The van der Waals surface area contributed by atoms with E-state index in [1.54, 1.807) is 47.4 Å². The summed E-state index contributed by atoms with van der Waals surface area (Å²) in [5.41, 5.74) is 4.11. The van der Waals surface area contributed by atoms with Crippen molar-refractivity contribution in [3.05, 3.63) is 71.3 Å². The molecular weight excluding hydrogens is 429 g/mol. The Balaban J connectivity index is 1.42. The van der Waals surface area contributed by atoms with Crippen molar-refractivity contribution in [3.8, 4) is 11.6 Å². The number of nitrogens with one attached hydrogen (secondary N) is 1. The first-order valence-electron chi connectivity index (χ1n) is 10.3. The number of nitrogens with zero attached hydrogens (tertiary/aromatic N) is 8. The standard InChI is InChI=1S/C21H18FN9O2/c1-11-9-25-29(2)17(11)19-26-27-20(33-19)21(32)30-7-6-13-16(24-10-23-13)18(30)14-8-12-4-3-5-15(22)31(12)28-14/h3-5,8-10,18H,6-7H2,1-2H3,(H,23,24)/t18-/m0/s1. The van der Waals surface area contributed by atoms with Crippen LogP contribution in [-0.2, 0) is 13.5 Å². The number of fused-ring (bicyclic) bond motifs is 2. The molecule has 0 saturated carbocycles. The first-order valence-corrected chi connectivity index (χ1v) is 10.3. The van der Waals surface area contributed by atoms with Crippen molar-refractivity contribution in [2.24, 2.45) is 7.05 Å². The lowest BCUT2D eigenvalue weighted by Gasteiger charge is -2.32. The van der Waals surface area contributed by atoms with Crippen molar-refractivity contribution in [3.63, 3.8) is 0 Å². The van der Waals surface area contributed by atoms with Crippen LogP contribution in [0.5, 0.6) is 0 Å². The number of carbonyl (C=O) groups is 1. The Kier molecular flexibility index (Phi) is 4.15. The number of aryl methyl sites for hydroxylation is 2. The number of aromatic amines is 1. The van der Waals surface area contributed by atoms with Crippen LogP contribution in [0.3, 0.4) is 0 Å². The highest BCUT2D eigenvalue weighted by Gasteiger charge is 2.38. The second kappa shape index (κ2) is 7.08. The zero-order valence-electron chi connectivity index (χ0n) is 17.7. The number of carbonyl (C=O) groups excluding carboxylic acids is 1. The number of amides is 1. The monoisotopic (exact) mass is 447 g/mol. The minimum absolute atomic E-state index is 0.149. The molecule has 12 heteroatoms. The van der Waals surface area contributed by atoms with E-state index in [9.17, 15) is 9.18 Å². The quantitative estimate of drug-likeness (QED) is 0.420. The molecule has 1 amide bonds. The maximum Gasteiger partial charge on any atom is 0.312 e. The van der Waals surface area contributed by atoms with Crippen LogP contribution in [-0.4, -0.2) is 56.9 Å². The first-order chi connectivity index (χ1) is 16.0. The van der Waals surface area contributed by atoms with Crippen LogP contribution in [0.25, 0.3) is 17.1 Å². The molecule has 0 radical (unpaired) electrons. The lowest BCUT2D eigenvalue weighted by molar-refractivity contribution is 0.0646. The molecular formula is C21H18FN9O2. The molecule has 0 bridgehead atoms. The molecule has 5 aromatic rings. The highest BCUT2D eigenvalue weighted by molar-refractivity contribution is 5.90. The molecule has 5 aromatic heterocycles. The van der Waals surface area contributed by atoms with E-state index in [-0.39, 0.29) is 11.8 Å². The maximum atomic E-state index is 14.3. The van der Waals surface area contributed by atoms with E-state index in [0.717, 1.165) is 11.3 Å². The van der Waals surface area contributed by atoms with Crippen LogP contribution < -0.4 is 0 Å². The number of rotatable bonds is 3. The molecule has 33 heavy (non-hydrogen) atoms. The topological polar surface area (TPSA) is 123 Å². The van der Waals surface area contributed by atoms with Gasteiger partial charge in [-0.1, -0.05) is 6.07 Å². The fraction of sp³-hybridized carbons (Fsp3) is 0.238. The smallest absolute Gasteiger partial charge is 0.312 e. The van der Waals surface area contributed by atoms with Crippen LogP contribution in [0.4, 0.5) is 4.39 Å². The van der Waals surface area contributed by atoms with Gasteiger partial charge in [-0.15, -0.1) is 10.2 Å². The second-order valence-corrected chi connectivity index (χ2v) is 7.88. The molecule has 1 aliphatic heterocycles. The molecule has 0 fully saturated rings. The first kappa shape index (κ1) is 19.3. The number of imidazole rings is 1. The highest BCUT2D eigenvalue weighted by Crippen LogP contribution is 2.34. The summed E-state index contributed by atoms with van der Waals surface area (Å²) in [4.78, 5) is 22.6. The summed E-state index contributed by atoms with van der Waals surface area (Å²) in [7, 11) is 1.76.